The standard InChI is InChI=1S/C26H36N2O3Si/c1-19-15-21-13-14-22(30-17-20-11-9-8-10-12-20)16-23(21)28(19)26(5,24(27)29)18-31-32(6,7)25(2,3)4/h8-16H,17-18H2,1-7H3,(H2,27,29). The molecular weight excluding hydrogens is 416 g/mol. The molecule has 0 aliphatic rings. The van der Waals surface area contributed by atoms with Crippen molar-refractivity contribution in [2.45, 2.75) is 64.9 Å². The number of fused-ring (bicyclic) bond motifs is 1. The number of aromatic nitrogens is 1. The van der Waals surface area contributed by atoms with E-state index >= 15 is 0 Å². The molecule has 1 atom stereocenters. The van der Waals surface area contributed by atoms with Crippen molar-refractivity contribution in [3.8, 4) is 5.75 Å². The van der Waals surface area contributed by atoms with Crippen molar-refractivity contribution >= 4 is 25.1 Å². The molecule has 0 aliphatic heterocycles. The summed E-state index contributed by atoms with van der Waals surface area (Å²) < 4.78 is 14.5. The molecule has 1 amide bonds. The quantitative estimate of drug-likeness (QED) is 0.442. The lowest BCUT2D eigenvalue weighted by atomic mass is 10.0. The number of amides is 1. The van der Waals surface area contributed by atoms with Gasteiger partial charge in [-0.05, 0) is 55.7 Å². The van der Waals surface area contributed by atoms with Gasteiger partial charge in [0.05, 0.1) is 12.1 Å². The van der Waals surface area contributed by atoms with E-state index in [-0.39, 0.29) is 11.6 Å². The van der Waals surface area contributed by atoms with Gasteiger partial charge >= 0.3 is 0 Å². The van der Waals surface area contributed by atoms with Gasteiger partial charge in [0.1, 0.15) is 17.9 Å². The molecule has 0 spiro atoms. The summed E-state index contributed by atoms with van der Waals surface area (Å²) in [6, 6.07) is 18.1. The SMILES string of the molecule is Cc1cc2ccc(OCc3ccccc3)cc2n1C(C)(CO[Si](C)(C)C(C)(C)C)C(N)=O. The fourth-order valence-electron chi connectivity index (χ4n) is 3.59. The van der Waals surface area contributed by atoms with Gasteiger partial charge in [-0.1, -0.05) is 51.1 Å². The van der Waals surface area contributed by atoms with Crippen LogP contribution in [0, 0.1) is 6.92 Å². The van der Waals surface area contributed by atoms with E-state index < -0.39 is 19.8 Å². The monoisotopic (exact) mass is 452 g/mol. The summed E-state index contributed by atoms with van der Waals surface area (Å²) in [5.41, 5.74) is 7.93. The second kappa shape index (κ2) is 8.75. The Labute approximate surface area is 192 Å². The maximum Gasteiger partial charge on any atom is 0.245 e. The number of benzene rings is 2. The van der Waals surface area contributed by atoms with Crippen LogP contribution in [0.1, 0.15) is 39.0 Å². The van der Waals surface area contributed by atoms with Crippen LogP contribution in [-0.2, 0) is 21.4 Å². The number of carbonyl (C=O) groups is 1. The maximum absolute atomic E-state index is 12.8. The van der Waals surface area contributed by atoms with Crippen LogP contribution in [0.2, 0.25) is 18.1 Å². The van der Waals surface area contributed by atoms with Gasteiger partial charge in [0.2, 0.25) is 5.91 Å². The topological polar surface area (TPSA) is 66.5 Å². The first-order chi connectivity index (χ1) is 14.8. The van der Waals surface area contributed by atoms with Gasteiger partial charge in [-0.2, -0.15) is 0 Å². The van der Waals surface area contributed by atoms with Crippen molar-refractivity contribution in [1.29, 1.82) is 0 Å². The van der Waals surface area contributed by atoms with Crippen LogP contribution in [0.5, 0.6) is 5.75 Å². The molecule has 2 aromatic carbocycles. The van der Waals surface area contributed by atoms with Gasteiger partial charge in [0.15, 0.2) is 8.32 Å². The molecule has 1 heterocycles. The molecule has 0 saturated heterocycles. The summed E-state index contributed by atoms with van der Waals surface area (Å²) in [6.07, 6.45) is 0. The van der Waals surface area contributed by atoms with Gasteiger partial charge in [0.25, 0.3) is 0 Å². The minimum Gasteiger partial charge on any atom is -0.489 e. The Morgan fingerprint density at radius 1 is 1.03 bits per heavy atom. The lowest BCUT2D eigenvalue weighted by molar-refractivity contribution is -0.127. The molecule has 3 rings (SSSR count). The van der Waals surface area contributed by atoms with Crippen LogP contribution in [0.4, 0.5) is 0 Å². The molecule has 0 radical (unpaired) electrons. The Balaban J connectivity index is 1.96. The summed E-state index contributed by atoms with van der Waals surface area (Å²) >= 11 is 0. The Morgan fingerprint density at radius 2 is 1.69 bits per heavy atom. The average Bonchev–Trinajstić information content (AvgIpc) is 3.06. The normalized spacial score (nSPS) is 14.3. The first kappa shape index (κ1) is 24.1. The van der Waals surface area contributed by atoms with E-state index in [4.69, 9.17) is 14.9 Å². The smallest absolute Gasteiger partial charge is 0.245 e. The van der Waals surface area contributed by atoms with E-state index in [1.54, 1.807) is 0 Å². The van der Waals surface area contributed by atoms with Crippen LogP contribution >= 0.6 is 0 Å². The first-order valence-electron chi connectivity index (χ1n) is 11.1. The van der Waals surface area contributed by atoms with Crippen LogP contribution in [0.15, 0.2) is 54.6 Å². The second-order valence-corrected chi connectivity index (χ2v) is 15.1. The molecule has 2 N–H and O–H groups in total. The Morgan fingerprint density at radius 3 is 2.28 bits per heavy atom. The lowest BCUT2D eigenvalue weighted by Crippen LogP contribution is -2.52. The van der Waals surface area contributed by atoms with E-state index in [0.29, 0.717) is 6.61 Å². The van der Waals surface area contributed by atoms with Crippen molar-refractivity contribution in [1.82, 2.24) is 4.57 Å². The number of ether oxygens (including phenoxy) is 1. The van der Waals surface area contributed by atoms with Gasteiger partial charge in [-0.3, -0.25) is 4.79 Å². The first-order valence-corrected chi connectivity index (χ1v) is 14.0. The van der Waals surface area contributed by atoms with E-state index in [2.05, 4.69) is 39.9 Å². The molecule has 1 aromatic heterocycles. The molecule has 6 heteroatoms. The molecule has 3 aromatic rings. The highest BCUT2D eigenvalue weighted by Crippen LogP contribution is 2.38. The number of aryl methyl sites for hydroxylation is 1. The summed E-state index contributed by atoms with van der Waals surface area (Å²) in [5.74, 6) is 0.338. The highest BCUT2D eigenvalue weighted by atomic mass is 28.4. The number of rotatable bonds is 8. The van der Waals surface area contributed by atoms with Crippen molar-refractivity contribution in [3.05, 3.63) is 65.9 Å². The molecule has 5 nitrogen and oxygen atoms in total. The predicted octanol–water partition coefficient (Wildman–Crippen LogP) is 5.75. The summed E-state index contributed by atoms with van der Waals surface area (Å²) in [4.78, 5) is 12.8. The fourth-order valence-corrected chi connectivity index (χ4v) is 4.66. The molecule has 0 saturated carbocycles. The van der Waals surface area contributed by atoms with Gasteiger partial charge in [-0.15, -0.1) is 0 Å². The van der Waals surface area contributed by atoms with E-state index in [1.165, 1.54) is 0 Å². The Bertz CT molecular complexity index is 1100. The summed E-state index contributed by atoms with van der Waals surface area (Å²) in [7, 11) is -2.06. The molecule has 172 valence electrons. The van der Waals surface area contributed by atoms with E-state index in [9.17, 15) is 4.79 Å². The van der Waals surface area contributed by atoms with Crippen LogP contribution in [0.25, 0.3) is 10.9 Å². The number of primary amides is 1. The number of nitrogens with zero attached hydrogens (tertiary/aromatic N) is 1. The predicted molar refractivity (Wildman–Crippen MR) is 133 cm³/mol. The third-order valence-corrected chi connectivity index (χ3v) is 11.2. The minimum atomic E-state index is -2.06. The fraction of sp³-hybridized carbons (Fsp3) is 0.423. The van der Waals surface area contributed by atoms with Crippen LogP contribution < -0.4 is 10.5 Å². The van der Waals surface area contributed by atoms with Gasteiger partial charge in [-0.25, -0.2) is 0 Å². The summed E-state index contributed by atoms with van der Waals surface area (Å²) in [5, 5.41) is 1.08. The largest absolute Gasteiger partial charge is 0.489 e. The summed E-state index contributed by atoms with van der Waals surface area (Å²) in [6.45, 7) is 15.5. The zero-order chi connectivity index (χ0) is 23.7. The van der Waals surface area contributed by atoms with Crippen molar-refractivity contribution in [2.24, 2.45) is 5.73 Å². The third-order valence-electron chi connectivity index (χ3n) is 6.75. The van der Waals surface area contributed by atoms with Gasteiger partial charge in [0, 0.05) is 17.1 Å². The number of hydrogen-bond donors (Lipinski definition) is 1. The highest BCUT2D eigenvalue weighted by molar-refractivity contribution is 6.74. The van der Waals surface area contributed by atoms with Gasteiger partial charge < -0.3 is 19.5 Å². The zero-order valence-corrected chi connectivity index (χ0v) is 21.4. The zero-order valence-electron chi connectivity index (χ0n) is 20.4. The van der Waals surface area contributed by atoms with E-state index in [1.807, 2.05) is 66.9 Å². The Hall–Kier alpha value is -2.57. The molecular formula is C26H36N2O3Si. The highest BCUT2D eigenvalue weighted by Gasteiger charge is 2.42. The molecule has 0 fully saturated rings. The van der Waals surface area contributed by atoms with Crippen LogP contribution in [-0.4, -0.2) is 25.4 Å². The maximum atomic E-state index is 12.8. The molecule has 32 heavy (non-hydrogen) atoms. The number of carbonyl (C=O) groups excluding carboxylic acids is 1. The minimum absolute atomic E-state index is 0.0395. The number of hydrogen-bond acceptors (Lipinski definition) is 3. The van der Waals surface area contributed by atoms with Crippen molar-refractivity contribution < 1.29 is 14.0 Å². The number of nitrogens with two attached hydrogens (primary N) is 1. The molecule has 0 aliphatic carbocycles. The second-order valence-electron chi connectivity index (χ2n) is 10.3. The Kier molecular flexibility index (Phi) is 6.59. The third kappa shape index (κ3) is 4.76. The van der Waals surface area contributed by atoms with Crippen molar-refractivity contribution in [2.75, 3.05) is 6.61 Å². The van der Waals surface area contributed by atoms with Crippen LogP contribution in [0.3, 0.4) is 0 Å². The van der Waals surface area contributed by atoms with Crippen molar-refractivity contribution in [3.63, 3.8) is 0 Å². The van der Waals surface area contributed by atoms with E-state index in [0.717, 1.165) is 27.9 Å². The molecule has 1 unspecified atom stereocenters. The lowest BCUT2D eigenvalue weighted by Gasteiger charge is -2.40. The average molecular weight is 453 g/mol. The molecule has 0 bridgehead atoms.